The fourth-order valence-corrected chi connectivity index (χ4v) is 5.11. The van der Waals surface area contributed by atoms with E-state index >= 15 is 0 Å². The lowest BCUT2D eigenvalue weighted by molar-refractivity contribution is -0.129. The molecule has 1 aromatic heterocycles. The van der Waals surface area contributed by atoms with Gasteiger partial charge in [0, 0.05) is 44.5 Å². The predicted octanol–water partition coefficient (Wildman–Crippen LogP) is 1.81. The van der Waals surface area contributed by atoms with Gasteiger partial charge in [-0.3, -0.25) is 4.79 Å². The van der Waals surface area contributed by atoms with E-state index < -0.39 is 0 Å². The van der Waals surface area contributed by atoms with Gasteiger partial charge in [-0.1, -0.05) is 0 Å². The van der Waals surface area contributed by atoms with Gasteiger partial charge in [-0.2, -0.15) is 0 Å². The molecule has 0 aromatic carbocycles. The molecule has 1 amide bonds. The molecule has 3 aliphatic rings. The van der Waals surface area contributed by atoms with E-state index in [1.165, 1.54) is 12.8 Å². The Labute approximate surface area is 171 Å². The van der Waals surface area contributed by atoms with Crippen LogP contribution in [0.25, 0.3) is 0 Å². The second-order valence-corrected chi connectivity index (χ2v) is 8.49. The maximum atomic E-state index is 12.5. The standard InChI is InChI=1S/C18H29N5O2S.ClH/c24-17(13-26-12-15-3-1-2-10-25-15)22-7-4-14(5-8-22)18-21-20-16-11-19-6-9-23(16)18;/h14-15,19H,1-13H2;1H. The molecule has 3 aliphatic heterocycles. The van der Waals surface area contributed by atoms with Crippen LogP contribution in [-0.4, -0.2) is 69.4 Å². The largest absolute Gasteiger partial charge is 0.377 e. The second kappa shape index (κ2) is 10.1. The minimum Gasteiger partial charge on any atom is -0.377 e. The van der Waals surface area contributed by atoms with Gasteiger partial charge in [0.15, 0.2) is 0 Å². The highest BCUT2D eigenvalue weighted by Gasteiger charge is 2.28. The van der Waals surface area contributed by atoms with Crippen molar-refractivity contribution in [2.24, 2.45) is 0 Å². The monoisotopic (exact) mass is 415 g/mol. The molecule has 0 radical (unpaired) electrons. The number of carbonyl (C=O) groups excluding carboxylic acids is 1. The smallest absolute Gasteiger partial charge is 0.232 e. The average molecular weight is 416 g/mol. The van der Waals surface area contributed by atoms with Crippen molar-refractivity contribution in [3.63, 3.8) is 0 Å². The van der Waals surface area contributed by atoms with Crippen LogP contribution < -0.4 is 5.32 Å². The van der Waals surface area contributed by atoms with Gasteiger partial charge in [-0.25, -0.2) is 0 Å². The lowest BCUT2D eigenvalue weighted by atomic mass is 9.95. The Morgan fingerprint density at radius 3 is 2.81 bits per heavy atom. The molecule has 0 bridgehead atoms. The number of ether oxygens (including phenoxy) is 1. The Morgan fingerprint density at radius 1 is 1.19 bits per heavy atom. The minimum absolute atomic E-state index is 0. The maximum absolute atomic E-state index is 12.5. The fourth-order valence-electron chi connectivity index (χ4n) is 4.11. The molecule has 4 rings (SSSR count). The van der Waals surface area contributed by atoms with Crippen LogP contribution in [0.4, 0.5) is 0 Å². The van der Waals surface area contributed by atoms with E-state index in [0.717, 1.165) is 76.0 Å². The van der Waals surface area contributed by atoms with Crippen LogP contribution in [0, 0.1) is 0 Å². The summed E-state index contributed by atoms with van der Waals surface area (Å²) >= 11 is 1.73. The van der Waals surface area contributed by atoms with Crippen molar-refractivity contribution in [1.82, 2.24) is 25.0 Å². The molecular formula is C18H30ClN5O2S. The Morgan fingerprint density at radius 2 is 2.04 bits per heavy atom. The van der Waals surface area contributed by atoms with Crippen LogP contribution in [-0.2, 0) is 22.6 Å². The van der Waals surface area contributed by atoms with E-state index in [1.54, 1.807) is 11.8 Å². The van der Waals surface area contributed by atoms with E-state index in [2.05, 4.69) is 20.1 Å². The zero-order valence-corrected chi connectivity index (χ0v) is 17.4. The number of hydrogen-bond donors (Lipinski definition) is 1. The van der Waals surface area contributed by atoms with Crippen molar-refractivity contribution in [2.45, 2.75) is 57.2 Å². The van der Waals surface area contributed by atoms with E-state index in [9.17, 15) is 4.79 Å². The van der Waals surface area contributed by atoms with E-state index in [0.29, 0.717) is 17.8 Å². The van der Waals surface area contributed by atoms with E-state index in [1.807, 2.05) is 4.90 Å². The summed E-state index contributed by atoms with van der Waals surface area (Å²) in [6.07, 6.45) is 5.92. The van der Waals surface area contributed by atoms with Crippen molar-refractivity contribution in [1.29, 1.82) is 0 Å². The number of fused-ring (bicyclic) bond motifs is 1. The lowest BCUT2D eigenvalue weighted by Gasteiger charge is -2.32. The Kier molecular flexibility index (Phi) is 7.81. The summed E-state index contributed by atoms with van der Waals surface area (Å²) in [5.74, 6) is 4.40. The van der Waals surface area contributed by atoms with E-state index in [-0.39, 0.29) is 18.3 Å². The molecule has 4 heterocycles. The van der Waals surface area contributed by atoms with Crippen LogP contribution in [0.2, 0.25) is 0 Å². The number of aromatic nitrogens is 3. The summed E-state index contributed by atoms with van der Waals surface area (Å²) in [6.45, 7) is 5.31. The SMILES string of the molecule is Cl.O=C(CSCC1CCCCO1)N1CCC(c2nnc3n2CCNC3)CC1. The fraction of sp³-hybridized carbons (Fsp3) is 0.833. The molecule has 1 aromatic rings. The average Bonchev–Trinajstić information content (AvgIpc) is 3.13. The Bertz CT molecular complexity index is 615. The number of hydrogen-bond acceptors (Lipinski definition) is 6. The van der Waals surface area contributed by atoms with Crippen LogP contribution in [0.5, 0.6) is 0 Å². The Balaban J connectivity index is 0.00000210. The van der Waals surface area contributed by atoms with Crippen LogP contribution in [0.15, 0.2) is 0 Å². The van der Waals surface area contributed by atoms with Gasteiger partial charge in [0.05, 0.1) is 18.4 Å². The number of halogens is 1. The predicted molar refractivity (Wildman–Crippen MR) is 108 cm³/mol. The third-order valence-electron chi connectivity index (χ3n) is 5.67. The van der Waals surface area contributed by atoms with Crippen LogP contribution >= 0.6 is 24.2 Å². The first-order valence-corrected chi connectivity index (χ1v) is 11.1. The number of nitrogens with one attached hydrogen (secondary N) is 1. The van der Waals surface area contributed by atoms with Gasteiger partial charge in [0.2, 0.25) is 5.91 Å². The van der Waals surface area contributed by atoms with E-state index in [4.69, 9.17) is 4.74 Å². The van der Waals surface area contributed by atoms with Crippen LogP contribution in [0.1, 0.15) is 49.7 Å². The van der Waals surface area contributed by atoms with Gasteiger partial charge in [-0.05, 0) is 32.1 Å². The molecule has 2 fully saturated rings. The topological polar surface area (TPSA) is 72.3 Å². The molecular weight excluding hydrogens is 386 g/mol. The first-order chi connectivity index (χ1) is 12.8. The number of rotatable bonds is 5. The molecule has 1 atom stereocenters. The molecule has 9 heteroatoms. The first-order valence-electron chi connectivity index (χ1n) is 9.91. The number of thioether (sulfide) groups is 1. The normalized spacial score (nSPS) is 23.6. The molecule has 7 nitrogen and oxygen atoms in total. The number of carbonyl (C=O) groups is 1. The van der Waals surface area contributed by atoms with Crippen LogP contribution in [0.3, 0.4) is 0 Å². The summed E-state index contributed by atoms with van der Waals surface area (Å²) < 4.78 is 8.02. The summed E-state index contributed by atoms with van der Waals surface area (Å²) in [4.78, 5) is 14.5. The van der Waals surface area contributed by atoms with Crippen molar-refractivity contribution in [3.8, 4) is 0 Å². The summed E-state index contributed by atoms with van der Waals surface area (Å²) in [7, 11) is 0. The molecule has 2 saturated heterocycles. The van der Waals surface area contributed by atoms with Crippen molar-refractivity contribution >= 4 is 30.1 Å². The zero-order valence-electron chi connectivity index (χ0n) is 15.8. The second-order valence-electron chi connectivity index (χ2n) is 7.46. The minimum atomic E-state index is 0. The quantitative estimate of drug-likeness (QED) is 0.790. The van der Waals surface area contributed by atoms with Gasteiger partial charge >= 0.3 is 0 Å². The summed E-state index contributed by atoms with van der Waals surface area (Å²) in [5, 5.41) is 12.1. The van der Waals surface area contributed by atoms with Gasteiger partial charge in [0.25, 0.3) is 0 Å². The maximum Gasteiger partial charge on any atom is 0.232 e. The molecule has 0 saturated carbocycles. The van der Waals surface area contributed by atoms with Crippen molar-refractivity contribution in [3.05, 3.63) is 11.6 Å². The molecule has 0 aliphatic carbocycles. The number of amides is 1. The Hall–Kier alpha value is -0.830. The number of nitrogens with zero attached hydrogens (tertiary/aromatic N) is 4. The third-order valence-corrected chi connectivity index (χ3v) is 6.73. The number of likely N-dealkylation sites (tertiary alicyclic amines) is 1. The molecule has 0 spiro atoms. The van der Waals surface area contributed by atoms with Crippen molar-refractivity contribution in [2.75, 3.05) is 37.7 Å². The van der Waals surface area contributed by atoms with Gasteiger partial charge in [-0.15, -0.1) is 34.4 Å². The molecule has 1 N–H and O–H groups in total. The highest BCUT2D eigenvalue weighted by Crippen LogP contribution is 2.28. The van der Waals surface area contributed by atoms with Crippen molar-refractivity contribution < 1.29 is 9.53 Å². The first kappa shape index (κ1) is 20.9. The van der Waals surface area contributed by atoms with Gasteiger partial charge in [0.1, 0.15) is 11.6 Å². The zero-order chi connectivity index (χ0) is 17.8. The highest BCUT2D eigenvalue weighted by molar-refractivity contribution is 7.99. The summed E-state index contributed by atoms with van der Waals surface area (Å²) in [6, 6.07) is 0. The molecule has 27 heavy (non-hydrogen) atoms. The lowest BCUT2D eigenvalue weighted by Crippen LogP contribution is -2.40. The third kappa shape index (κ3) is 5.16. The van der Waals surface area contributed by atoms with Gasteiger partial charge < -0.3 is 19.5 Å². The highest BCUT2D eigenvalue weighted by atomic mass is 35.5. The summed E-state index contributed by atoms with van der Waals surface area (Å²) in [5.41, 5.74) is 0. The molecule has 1 unspecified atom stereocenters. The number of piperidine rings is 1. The molecule has 152 valence electrons.